The van der Waals surface area contributed by atoms with Gasteiger partial charge in [-0.05, 0) is 76.0 Å². The molecule has 1 aliphatic rings. The Kier molecular flexibility index (Phi) is 6.09. The highest BCUT2D eigenvalue weighted by Crippen LogP contribution is 2.37. The molecular weight excluding hydrogens is 288 g/mol. The second kappa shape index (κ2) is 7.85. The summed E-state index contributed by atoms with van der Waals surface area (Å²) < 4.78 is 10.4. The smallest absolute Gasteiger partial charge is 0.428 e. The Morgan fingerprint density at radius 2 is 1.70 bits per heavy atom. The maximum Gasteiger partial charge on any atom is 0.514 e. The van der Waals surface area contributed by atoms with E-state index in [1.54, 1.807) is 0 Å². The van der Waals surface area contributed by atoms with Gasteiger partial charge in [-0.3, -0.25) is 0 Å². The highest BCUT2D eigenvalue weighted by atomic mass is 16.7. The van der Waals surface area contributed by atoms with Crippen LogP contribution >= 0.6 is 0 Å². The van der Waals surface area contributed by atoms with Crippen LogP contribution in [0, 0.1) is 5.92 Å². The molecular formula is C20H30O3. The molecule has 23 heavy (non-hydrogen) atoms. The normalized spacial score (nSPS) is 21.7. The molecule has 3 nitrogen and oxygen atoms in total. The summed E-state index contributed by atoms with van der Waals surface area (Å²) in [5.74, 6) is 2.12. The zero-order valence-electron chi connectivity index (χ0n) is 14.9. The SMILES string of the molecule is CCCC1CCC(c2ccc(OC(=O)OC(C)(C)C)cc2)CC1. The third kappa shape index (κ3) is 5.89. The fraction of sp³-hybridized carbons (Fsp3) is 0.650. The predicted octanol–water partition coefficient (Wildman–Crippen LogP) is 6.07. The van der Waals surface area contributed by atoms with Crippen LogP contribution in [0.2, 0.25) is 0 Å². The van der Waals surface area contributed by atoms with Crippen molar-refractivity contribution in [2.24, 2.45) is 5.92 Å². The lowest BCUT2D eigenvalue weighted by Crippen LogP contribution is -2.25. The van der Waals surface area contributed by atoms with Gasteiger partial charge in [-0.1, -0.05) is 31.9 Å². The van der Waals surface area contributed by atoms with Crippen molar-refractivity contribution in [3.63, 3.8) is 0 Å². The lowest BCUT2D eigenvalue weighted by atomic mass is 9.77. The molecule has 0 saturated heterocycles. The topological polar surface area (TPSA) is 35.5 Å². The second-order valence-electron chi connectivity index (χ2n) is 7.64. The third-order valence-corrected chi connectivity index (χ3v) is 4.49. The summed E-state index contributed by atoms with van der Waals surface area (Å²) in [7, 11) is 0. The molecule has 128 valence electrons. The molecule has 1 aliphatic carbocycles. The van der Waals surface area contributed by atoms with E-state index in [9.17, 15) is 4.79 Å². The Bertz CT molecular complexity index is 491. The first-order chi connectivity index (χ1) is 10.9. The van der Waals surface area contributed by atoms with Gasteiger partial charge in [-0.2, -0.15) is 0 Å². The number of benzene rings is 1. The van der Waals surface area contributed by atoms with E-state index in [0.717, 1.165) is 5.92 Å². The van der Waals surface area contributed by atoms with Crippen LogP contribution in [-0.2, 0) is 4.74 Å². The van der Waals surface area contributed by atoms with Crippen LogP contribution in [0.15, 0.2) is 24.3 Å². The van der Waals surface area contributed by atoms with Crippen molar-refractivity contribution < 1.29 is 14.3 Å². The molecule has 0 spiro atoms. The molecule has 3 heteroatoms. The number of rotatable bonds is 4. The molecule has 0 heterocycles. The predicted molar refractivity (Wildman–Crippen MR) is 92.9 cm³/mol. The molecule has 0 N–H and O–H groups in total. The maximum absolute atomic E-state index is 11.7. The van der Waals surface area contributed by atoms with Crippen LogP contribution in [0.3, 0.4) is 0 Å². The molecule has 1 aromatic rings. The van der Waals surface area contributed by atoms with Gasteiger partial charge in [-0.25, -0.2) is 4.79 Å². The standard InChI is InChI=1S/C20H30O3/c1-5-6-15-7-9-16(10-8-15)17-11-13-18(14-12-17)22-19(21)23-20(2,3)4/h11-16H,5-10H2,1-4H3. The molecule has 0 unspecified atom stereocenters. The lowest BCUT2D eigenvalue weighted by molar-refractivity contribution is 0.0206. The van der Waals surface area contributed by atoms with Crippen LogP contribution in [0.5, 0.6) is 5.75 Å². The average Bonchev–Trinajstić information content (AvgIpc) is 2.47. The summed E-state index contributed by atoms with van der Waals surface area (Å²) in [5, 5.41) is 0. The van der Waals surface area contributed by atoms with Gasteiger partial charge < -0.3 is 9.47 Å². The van der Waals surface area contributed by atoms with Gasteiger partial charge in [0.1, 0.15) is 11.4 Å². The van der Waals surface area contributed by atoms with Crippen molar-refractivity contribution in [3.05, 3.63) is 29.8 Å². The maximum atomic E-state index is 11.7. The van der Waals surface area contributed by atoms with Crippen molar-refractivity contribution in [1.29, 1.82) is 0 Å². The van der Waals surface area contributed by atoms with Gasteiger partial charge in [0, 0.05) is 0 Å². The van der Waals surface area contributed by atoms with Gasteiger partial charge in [-0.15, -0.1) is 0 Å². The van der Waals surface area contributed by atoms with E-state index in [1.165, 1.54) is 44.1 Å². The highest BCUT2D eigenvalue weighted by Gasteiger charge is 2.22. The zero-order valence-corrected chi connectivity index (χ0v) is 14.9. The summed E-state index contributed by atoms with van der Waals surface area (Å²) in [6.45, 7) is 7.75. The number of carbonyl (C=O) groups is 1. The highest BCUT2D eigenvalue weighted by molar-refractivity contribution is 5.64. The number of ether oxygens (including phenoxy) is 2. The summed E-state index contributed by atoms with van der Waals surface area (Å²) in [6.07, 6.45) is 7.25. The lowest BCUT2D eigenvalue weighted by Gasteiger charge is -2.28. The minimum Gasteiger partial charge on any atom is -0.428 e. The van der Waals surface area contributed by atoms with Gasteiger partial charge in [0.05, 0.1) is 0 Å². The van der Waals surface area contributed by atoms with Crippen molar-refractivity contribution >= 4 is 6.16 Å². The first-order valence-corrected chi connectivity index (χ1v) is 8.88. The zero-order chi connectivity index (χ0) is 16.9. The van der Waals surface area contributed by atoms with Crippen LogP contribution < -0.4 is 4.74 Å². The Balaban J connectivity index is 1.86. The van der Waals surface area contributed by atoms with Gasteiger partial charge in [0.15, 0.2) is 0 Å². The van der Waals surface area contributed by atoms with Crippen molar-refractivity contribution in [3.8, 4) is 5.75 Å². The molecule has 0 bridgehead atoms. The molecule has 1 saturated carbocycles. The minimum atomic E-state index is -0.648. The molecule has 0 amide bonds. The first-order valence-electron chi connectivity index (χ1n) is 8.88. The van der Waals surface area contributed by atoms with E-state index in [2.05, 4.69) is 19.1 Å². The number of carbonyl (C=O) groups excluding carboxylic acids is 1. The summed E-state index contributed by atoms with van der Waals surface area (Å²) in [6, 6.07) is 7.92. The van der Waals surface area contributed by atoms with E-state index in [4.69, 9.17) is 9.47 Å². The number of hydrogen-bond acceptors (Lipinski definition) is 3. The van der Waals surface area contributed by atoms with Crippen molar-refractivity contribution in [2.45, 2.75) is 77.7 Å². The summed E-state index contributed by atoms with van der Waals surface area (Å²) in [4.78, 5) is 11.7. The largest absolute Gasteiger partial charge is 0.514 e. The average molecular weight is 318 g/mol. The Hall–Kier alpha value is -1.51. The van der Waals surface area contributed by atoms with E-state index >= 15 is 0 Å². The van der Waals surface area contributed by atoms with E-state index in [-0.39, 0.29) is 0 Å². The van der Waals surface area contributed by atoms with Gasteiger partial charge in [0.2, 0.25) is 0 Å². The molecule has 0 atom stereocenters. The molecule has 1 aromatic carbocycles. The Labute approximate surface area is 140 Å². The van der Waals surface area contributed by atoms with Gasteiger partial charge in [0.25, 0.3) is 0 Å². The fourth-order valence-electron chi connectivity index (χ4n) is 3.37. The van der Waals surface area contributed by atoms with E-state index in [0.29, 0.717) is 11.7 Å². The summed E-state index contributed by atoms with van der Waals surface area (Å²) in [5.41, 5.74) is 0.824. The fourth-order valence-corrected chi connectivity index (χ4v) is 3.37. The van der Waals surface area contributed by atoms with Crippen LogP contribution in [0.25, 0.3) is 0 Å². The van der Waals surface area contributed by atoms with E-state index in [1.807, 2.05) is 32.9 Å². The second-order valence-corrected chi connectivity index (χ2v) is 7.64. The number of hydrogen-bond donors (Lipinski definition) is 0. The van der Waals surface area contributed by atoms with Crippen molar-refractivity contribution in [1.82, 2.24) is 0 Å². The molecule has 0 aliphatic heterocycles. The first kappa shape index (κ1) is 17.8. The quantitative estimate of drug-likeness (QED) is 0.499. The Morgan fingerprint density at radius 1 is 1.09 bits per heavy atom. The third-order valence-electron chi connectivity index (χ3n) is 4.49. The van der Waals surface area contributed by atoms with Crippen LogP contribution in [-0.4, -0.2) is 11.8 Å². The molecule has 1 fully saturated rings. The van der Waals surface area contributed by atoms with Crippen LogP contribution in [0.1, 0.15) is 77.7 Å². The molecule has 0 radical (unpaired) electrons. The van der Waals surface area contributed by atoms with Gasteiger partial charge >= 0.3 is 6.16 Å². The molecule has 2 rings (SSSR count). The monoisotopic (exact) mass is 318 g/mol. The van der Waals surface area contributed by atoms with Crippen LogP contribution in [0.4, 0.5) is 4.79 Å². The summed E-state index contributed by atoms with van der Waals surface area (Å²) >= 11 is 0. The van der Waals surface area contributed by atoms with Crippen molar-refractivity contribution in [2.75, 3.05) is 0 Å². The Morgan fingerprint density at radius 3 is 2.22 bits per heavy atom. The minimum absolute atomic E-state index is 0.534. The van der Waals surface area contributed by atoms with E-state index < -0.39 is 11.8 Å². The molecule has 0 aromatic heterocycles.